The van der Waals surface area contributed by atoms with Crippen molar-refractivity contribution in [2.75, 3.05) is 11.1 Å². The van der Waals surface area contributed by atoms with Crippen LogP contribution in [0.25, 0.3) is 10.2 Å². The van der Waals surface area contributed by atoms with Gasteiger partial charge in [0.05, 0.1) is 20.9 Å². The predicted molar refractivity (Wildman–Crippen MR) is 110 cm³/mol. The van der Waals surface area contributed by atoms with E-state index in [4.69, 9.17) is 0 Å². The average molecular weight is 403 g/mol. The van der Waals surface area contributed by atoms with E-state index in [1.54, 1.807) is 30.3 Å². The van der Waals surface area contributed by atoms with Crippen molar-refractivity contribution in [3.8, 4) is 0 Å². The lowest BCUT2D eigenvalue weighted by Crippen LogP contribution is -2.14. The number of hydrogen-bond donors (Lipinski definition) is 1. The van der Waals surface area contributed by atoms with Crippen molar-refractivity contribution < 1.29 is 13.2 Å². The van der Waals surface area contributed by atoms with E-state index in [0.717, 1.165) is 10.2 Å². The highest BCUT2D eigenvalue weighted by Crippen LogP contribution is 2.29. The molecule has 0 atom stereocenters. The third kappa shape index (κ3) is 4.93. The number of carbonyl (C=O) groups is 1. The molecule has 0 unspecified atom stereocenters. The number of benzene rings is 2. The first-order valence-electron chi connectivity index (χ1n) is 8.83. The lowest BCUT2D eigenvalue weighted by atomic mass is 10.0. The molecular weight excluding hydrogens is 380 g/mol. The zero-order valence-corrected chi connectivity index (χ0v) is 16.9. The standard InChI is InChI=1S/C20H22N2O3S2/c1-14(2)15-10-11-17-18(13-15)26-20(21-17)22-19(23)9-6-12-27(24,25)16-7-4-3-5-8-16/h3-5,7-8,10-11,13-14H,6,9,12H2,1-2H3,(H,21,22,23). The molecule has 27 heavy (non-hydrogen) atoms. The smallest absolute Gasteiger partial charge is 0.226 e. The second kappa shape index (κ2) is 8.19. The van der Waals surface area contributed by atoms with Gasteiger partial charge in [0.15, 0.2) is 15.0 Å². The summed E-state index contributed by atoms with van der Waals surface area (Å²) in [5.41, 5.74) is 2.08. The number of anilines is 1. The molecule has 0 radical (unpaired) electrons. The number of nitrogens with zero attached hydrogens (tertiary/aromatic N) is 1. The Hall–Kier alpha value is -2.25. The molecule has 0 saturated heterocycles. The number of sulfone groups is 1. The molecule has 0 aliphatic carbocycles. The number of rotatable bonds is 7. The van der Waals surface area contributed by atoms with Gasteiger partial charge < -0.3 is 5.32 Å². The summed E-state index contributed by atoms with van der Waals surface area (Å²) >= 11 is 1.43. The Kier molecular flexibility index (Phi) is 5.92. The van der Waals surface area contributed by atoms with Crippen molar-refractivity contribution in [1.29, 1.82) is 0 Å². The number of amides is 1. The molecule has 142 valence electrons. The van der Waals surface area contributed by atoms with Gasteiger partial charge in [-0.1, -0.05) is 49.4 Å². The molecule has 1 heterocycles. The molecule has 3 rings (SSSR count). The summed E-state index contributed by atoms with van der Waals surface area (Å²) in [5.74, 6) is 0.157. The fourth-order valence-corrected chi connectivity index (χ4v) is 4.97. The van der Waals surface area contributed by atoms with Gasteiger partial charge in [-0.15, -0.1) is 0 Å². The van der Waals surface area contributed by atoms with Gasteiger partial charge in [-0.05, 0) is 42.2 Å². The Morgan fingerprint density at radius 1 is 1.15 bits per heavy atom. The molecule has 0 saturated carbocycles. The highest BCUT2D eigenvalue weighted by atomic mass is 32.2. The molecular formula is C20H22N2O3S2. The monoisotopic (exact) mass is 402 g/mol. The van der Waals surface area contributed by atoms with Gasteiger partial charge in [0.2, 0.25) is 5.91 Å². The fourth-order valence-electron chi connectivity index (χ4n) is 2.70. The van der Waals surface area contributed by atoms with Crippen LogP contribution >= 0.6 is 11.3 Å². The molecule has 0 aliphatic heterocycles. The number of hydrogen-bond acceptors (Lipinski definition) is 5. The van der Waals surface area contributed by atoms with Gasteiger partial charge in [-0.3, -0.25) is 4.79 Å². The van der Waals surface area contributed by atoms with Crippen LogP contribution in [-0.2, 0) is 14.6 Å². The summed E-state index contributed by atoms with van der Waals surface area (Å²) in [6, 6.07) is 14.4. The van der Waals surface area contributed by atoms with E-state index in [2.05, 4.69) is 30.2 Å². The second-order valence-electron chi connectivity index (χ2n) is 6.68. The number of nitrogens with one attached hydrogen (secondary N) is 1. The molecule has 1 N–H and O–H groups in total. The molecule has 0 bridgehead atoms. The summed E-state index contributed by atoms with van der Waals surface area (Å²) < 4.78 is 25.5. The minimum Gasteiger partial charge on any atom is -0.302 e. The largest absolute Gasteiger partial charge is 0.302 e. The van der Waals surface area contributed by atoms with Crippen LogP contribution in [0.1, 0.15) is 38.2 Å². The van der Waals surface area contributed by atoms with Crippen molar-refractivity contribution >= 4 is 42.4 Å². The van der Waals surface area contributed by atoms with Crippen molar-refractivity contribution in [1.82, 2.24) is 4.98 Å². The van der Waals surface area contributed by atoms with Gasteiger partial charge in [-0.25, -0.2) is 13.4 Å². The number of thiazole rings is 1. The lowest BCUT2D eigenvalue weighted by Gasteiger charge is -2.04. The van der Waals surface area contributed by atoms with E-state index >= 15 is 0 Å². The zero-order chi connectivity index (χ0) is 19.4. The summed E-state index contributed by atoms with van der Waals surface area (Å²) in [5, 5.41) is 3.32. The fraction of sp³-hybridized carbons (Fsp3) is 0.300. The van der Waals surface area contributed by atoms with E-state index in [-0.39, 0.29) is 29.4 Å². The predicted octanol–water partition coefficient (Wildman–Crippen LogP) is 4.61. The molecule has 2 aromatic carbocycles. The Bertz CT molecular complexity index is 1040. The number of fused-ring (bicyclic) bond motifs is 1. The first-order valence-corrected chi connectivity index (χ1v) is 11.3. The van der Waals surface area contributed by atoms with Gasteiger partial charge in [-0.2, -0.15) is 0 Å². The van der Waals surface area contributed by atoms with Gasteiger partial charge in [0.1, 0.15) is 0 Å². The maximum absolute atomic E-state index is 12.2. The number of carbonyl (C=O) groups excluding carboxylic acids is 1. The highest BCUT2D eigenvalue weighted by molar-refractivity contribution is 7.91. The molecule has 5 nitrogen and oxygen atoms in total. The zero-order valence-electron chi connectivity index (χ0n) is 15.3. The van der Waals surface area contributed by atoms with E-state index < -0.39 is 9.84 Å². The van der Waals surface area contributed by atoms with Crippen LogP contribution in [0.5, 0.6) is 0 Å². The molecule has 3 aromatic rings. The van der Waals surface area contributed by atoms with E-state index in [9.17, 15) is 13.2 Å². The van der Waals surface area contributed by atoms with Crippen molar-refractivity contribution in [2.24, 2.45) is 0 Å². The lowest BCUT2D eigenvalue weighted by molar-refractivity contribution is -0.116. The second-order valence-corrected chi connectivity index (χ2v) is 9.82. The van der Waals surface area contributed by atoms with Crippen LogP contribution < -0.4 is 5.32 Å². The Morgan fingerprint density at radius 2 is 1.89 bits per heavy atom. The average Bonchev–Trinajstić information content (AvgIpc) is 3.03. The molecule has 0 spiro atoms. The maximum atomic E-state index is 12.2. The molecule has 7 heteroatoms. The third-order valence-corrected chi connectivity index (χ3v) is 6.99. The van der Waals surface area contributed by atoms with Gasteiger partial charge in [0.25, 0.3) is 0 Å². The highest BCUT2D eigenvalue weighted by Gasteiger charge is 2.15. The summed E-state index contributed by atoms with van der Waals surface area (Å²) in [6.45, 7) is 4.27. The Balaban J connectivity index is 1.57. The SMILES string of the molecule is CC(C)c1ccc2nc(NC(=O)CCCS(=O)(=O)c3ccccc3)sc2c1. The normalized spacial score (nSPS) is 11.8. The quantitative estimate of drug-likeness (QED) is 0.626. The van der Waals surface area contributed by atoms with Crippen LogP contribution in [-0.4, -0.2) is 25.1 Å². The molecule has 1 amide bonds. The molecule has 1 aromatic heterocycles. The van der Waals surface area contributed by atoms with Crippen molar-refractivity contribution in [3.05, 3.63) is 54.1 Å². The van der Waals surface area contributed by atoms with Gasteiger partial charge >= 0.3 is 0 Å². The van der Waals surface area contributed by atoms with Crippen LogP contribution in [0.2, 0.25) is 0 Å². The minimum absolute atomic E-state index is 0.0535. The van der Waals surface area contributed by atoms with E-state index in [1.165, 1.54) is 16.9 Å². The topological polar surface area (TPSA) is 76.1 Å². The van der Waals surface area contributed by atoms with Crippen LogP contribution in [0, 0.1) is 0 Å². The number of aromatic nitrogens is 1. The maximum Gasteiger partial charge on any atom is 0.226 e. The van der Waals surface area contributed by atoms with Crippen LogP contribution in [0.3, 0.4) is 0 Å². The summed E-state index contributed by atoms with van der Waals surface area (Å²) in [4.78, 5) is 16.9. The first kappa shape index (κ1) is 19.5. The van der Waals surface area contributed by atoms with E-state index in [1.807, 2.05) is 12.1 Å². The van der Waals surface area contributed by atoms with Crippen LogP contribution in [0.4, 0.5) is 5.13 Å². The van der Waals surface area contributed by atoms with E-state index in [0.29, 0.717) is 11.0 Å². The Morgan fingerprint density at radius 3 is 2.59 bits per heavy atom. The summed E-state index contributed by atoms with van der Waals surface area (Å²) in [6.07, 6.45) is 0.407. The van der Waals surface area contributed by atoms with Crippen molar-refractivity contribution in [2.45, 2.75) is 37.5 Å². The molecule has 0 fully saturated rings. The van der Waals surface area contributed by atoms with Crippen molar-refractivity contribution in [3.63, 3.8) is 0 Å². The molecule has 0 aliphatic rings. The minimum atomic E-state index is -3.36. The summed E-state index contributed by atoms with van der Waals surface area (Å²) in [7, 11) is -3.36. The first-order chi connectivity index (χ1) is 12.8. The Labute approximate surface area is 163 Å². The van der Waals surface area contributed by atoms with Gasteiger partial charge in [0, 0.05) is 6.42 Å². The third-order valence-electron chi connectivity index (χ3n) is 4.24. The van der Waals surface area contributed by atoms with Crippen LogP contribution in [0.15, 0.2) is 53.4 Å².